The predicted molar refractivity (Wildman–Crippen MR) is 354 cm³/mol. The van der Waals surface area contributed by atoms with Gasteiger partial charge in [0, 0.05) is 25.7 Å². The third kappa shape index (κ3) is 61.6. The molecule has 0 aliphatic rings. The molecule has 0 amide bonds. The van der Waals surface area contributed by atoms with Crippen molar-refractivity contribution in [1.29, 1.82) is 0 Å². The van der Waals surface area contributed by atoms with Crippen LogP contribution in [0.15, 0.2) is 0 Å². The van der Waals surface area contributed by atoms with Gasteiger partial charge in [0.2, 0.25) is 0 Å². The Morgan fingerprint density at radius 1 is 0.318 bits per heavy atom. The van der Waals surface area contributed by atoms with E-state index in [-0.39, 0.29) is 25.7 Å². The number of aliphatic hydroxyl groups excluding tert-OH is 1. The molecule has 0 heterocycles. The van der Waals surface area contributed by atoms with Gasteiger partial charge >= 0.3 is 39.5 Å². The van der Waals surface area contributed by atoms with Gasteiger partial charge in [-0.25, -0.2) is 9.13 Å². The lowest BCUT2D eigenvalue weighted by atomic mass is 10.00. The Hall–Kier alpha value is -1.94. The molecule has 0 saturated heterocycles. The SMILES string of the molecule is CCCCCCCCCCCCCCCCCCCCCCC(=O)O[C@H](COC(=O)CCCCCCCCC(C)CC)COP(=O)(O)OC[C@@H](O)COP(=O)(O)OC[C@@H](COC(=O)CCCCCCCCCCC)OC(=O)CCCCCCCCCCC. The van der Waals surface area contributed by atoms with E-state index in [9.17, 15) is 43.2 Å². The highest BCUT2D eigenvalue weighted by Gasteiger charge is 2.30. The molecular formula is C69H134O17P2. The second kappa shape index (κ2) is 62.5. The van der Waals surface area contributed by atoms with Crippen LogP contribution in [0.1, 0.15) is 356 Å². The van der Waals surface area contributed by atoms with Crippen LogP contribution in [0.4, 0.5) is 0 Å². The first kappa shape index (κ1) is 86.1. The van der Waals surface area contributed by atoms with Gasteiger partial charge < -0.3 is 33.8 Å². The van der Waals surface area contributed by atoms with E-state index in [2.05, 4.69) is 34.6 Å². The summed E-state index contributed by atoms with van der Waals surface area (Å²) in [5.41, 5.74) is 0. The molecule has 19 heteroatoms. The summed E-state index contributed by atoms with van der Waals surface area (Å²) in [6.07, 6.45) is 48.8. The molecule has 522 valence electrons. The van der Waals surface area contributed by atoms with E-state index >= 15 is 0 Å². The number of carbonyl (C=O) groups is 4. The van der Waals surface area contributed by atoms with Crippen LogP contribution in [0.2, 0.25) is 0 Å². The molecule has 0 bridgehead atoms. The first-order valence-corrected chi connectivity index (χ1v) is 39.2. The lowest BCUT2D eigenvalue weighted by molar-refractivity contribution is -0.161. The summed E-state index contributed by atoms with van der Waals surface area (Å²) in [5, 5.41) is 10.6. The number of rotatable bonds is 69. The molecule has 0 radical (unpaired) electrons. The van der Waals surface area contributed by atoms with Crippen LogP contribution in [-0.4, -0.2) is 96.7 Å². The van der Waals surface area contributed by atoms with Crippen LogP contribution < -0.4 is 0 Å². The zero-order chi connectivity index (χ0) is 64.9. The molecule has 0 rings (SSSR count). The smallest absolute Gasteiger partial charge is 0.462 e. The van der Waals surface area contributed by atoms with Crippen LogP contribution in [0.3, 0.4) is 0 Å². The molecule has 0 aromatic carbocycles. The van der Waals surface area contributed by atoms with Crippen molar-refractivity contribution >= 4 is 39.5 Å². The zero-order valence-electron chi connectivity index (χ0n) is 56.9. The first-order chi connectivity index (χ1) is 42.6. The maximum absolute atomic E-state index is 13.0. The highest BCUT2D eigenvalue weighted by atomic mass is 31.2. The summed E-state index contributed by atoms with van der Waals surface area (Å²) in [5.74, 6) is -1.40. The highest BCUT2D eigenvalue weighted by Crippen LogP contribution is 2.45. The Bertz CT molecular complexity index is 1710. The second-order valence-corrected chi connectivity index (χ2v) is 28.1. The summed E-state index contributed by atoms with van der Waals surface area (Å²) < 4.78 is 68.1. The molecule has 6 atom stereocenters. The van der Waals surface area contributed by atoms with Crippen molar-refractivity contribution in [3.8, 4) is 0 Å². The number of ether oxygens (including phenoxy) is 4. The monoisotopic (exact) mass is 1300 g/mol. The maximum atomic E-state index is 13.0. The highest BCUT2D eigenvalue weighted by molar-refractivity contribution is 7.47. The van der Waals surface area contributed by atoms with Gasteiger partial charge in [0.15, 0.2) is 12.2 Å². The maximum Gasteiger partial charge on any atom is 0.472 e. The zero-order valence-corrected chi connectivity index (χ0v) is 58.6. The Kier molecular flexibility index (Phi) is 61.1. The van der Waals surface area contributed by atoms with Gasteiger partial charge in [0.1, 0.15) is 19.3 Å². The van der Waals surface area contributed by atoms with Crippen molar-refractivity contribution in [2.24, 2.45) is 5.92 Å². The van der Waals surface area contributed by atoms with Crippen molar-refractivity contribution in [3.05, 3.63) is 0 Å². The molecule has 0 spiro atoms. The van der Waals surface area contributed by atoms with Gasteiger partial charge in [-0.2, -0.15) is 0 Å². The summed E-state index contributed by atoms with van der Waals surface area (Å²) >= 11 is 0. The molecule has 3 N–H and O–H groups in total. The molecule has 0 aromatic heterocycles. The molecular weight excluding hydrogens is 1160 g/mol. The molecule has 17 nitrogen and oxygen atoms in total. The fourth-order valence-electron chi connectivity index (χ4n) is 10.4. The van der Waals surface area contributed by atoms with Crippen molar-refractivity contribution < 1.29 is 80.2 Å². The van der Waals surface area contributed by atoms with Gasteiger partial charge in [-0.15, -0.1) is 0 Å². The minimum atomic E-state index is -4.95. The van der Waals surface area contributed by atoms with Gasteiger partial charge in [0.05, 0.1) is 26.4 Å². The number of phosphoric ester groups is 2. The molecule has 3 unspecified atom stereocenters. The number of aliphatic hydroxyl groups is 1. The van der Waals surface area contributed by atoms with E-state index in [1.54, 1.807) is 0 Å². The lowest BCUT2D eigenvalue weighted by Crippen LogP contribution is -2.30. The van der Waals surface area contributed by atoms with E-state index in [1.165, 1.54) is 173 Å². The lowest BCUT2D eigenvalue weighted by Gasteiger charge is -2.21. The molecule has 88 heavy (non-hydrogen) atoms. The Balaban J connectivity index is 5.15. The van der Waals surface area contributed by atoms with Gasteiger partial charge in [-0.1, -0.05) is 304 Å². The molecule has 0 saturated carbocycles. The van der Waals surface area contributed by atoms with E-state index in [1.807, 2.05) is 0 Å². The molecule has 0 fully saturated rings. The van der Waals surface area contributed by atoms with Crippen LogP contribution >= 0.6 is 15.6 Å². The van der Waals surface area contributed by atoms with E-state index in [4.69, 9.17) is 37.0 Å². The molecule has 0 aromatic rings. The Labute approximate surface area is 537 Å². The number of esters is 4. The van der Waals surface area contributed by atoms with Gasteiger partial charge in [-0.05, 0) is 31.6 Å². The standard InChI is InChI=1S/C69H134O17P2/c1-6-10-13-16-19-22-23-24-25-26-27-28-29-30-31-32-35-38-45-50-55-69(74)86-65(59-80-67(72)53-48-43-40-39-41-46-51-62(5)9-4)61-84-88(77,78)82-57-63(70)56-81-87(75,76)83-60-64(85-68(73)54-49-44-37-34-21-18-15-12-8-3)58-79-66(71)52-47-42-36-33-20-17-14-11-7-2/h62-65,70H,6-61H2,1-5H3,(H,75,76)(H,77,78)/t62?,63-,64+,65+/m0/s1. The second-order valence-electron chi connectivity index (χ2n) is 25.2. The largest absolute Gasteiger partial charge is 0.472 e. The average Bonchev–Trinajstić information content (AvgIpc) is 3.57. The van der Waals surface area contributed by atoms with Crippen LogP contribution in [0, 0.1) is 5.92 Å². The van der Waals surface area contributed by atoms with E-state index in [0.29, 0.717) is 25.7 Å². The van der Waals surface area contributed by atoms with Crippen molar-refractivity contribution in [3.63, 3.8) is 0 Å². The minimum absolute atomic E-state index is 0.106. The normalized spacial score (nSPS) is 14.4. The average molecular weight is 1300 g/mol. The molecule has 0 aliphatic heterocycles. The predicted octanol–water partition coefficient (Wildman–Crippen LogP) is 19.7. The molecule has 0 aliphatic carbocycles. The van der Waals surface area contributed by atoms with Crippen LogP contribution in [0.25, 0.3) is 0 Å². The number of hydrogen-bond donors (Lipinski definition) is 3. The van der Waals surface area contributed by atoms with Crippen LogP contribution in [0.5, 0.6) is 0 Å². The number of hydrogen-bond acceptors (Lipinski definition) is 15. The minimum Gasteiger partial charge on any atom is -0.462 e. The van der Waals surface area contributed by atoms with Crippen LogP contribution in [-0.2, 0) is 65.4 Å². The summed E-state index contributed by atoms with van der Waals surface area (Å²) in [6.45, 7) is 7.16. The van der Waals surface area contributed by atoms with Crippen molar-refractivity contribution in [2.75, 3.05) is 39.6 Å². The van der Waals surface area contributed by atoms with Gasteiger partial charge in [0.25, 0.3) is 0 Å². The van der Waals surface area contributed by atoms with E-state index in [0.717, 1.165) is 102 Å². The topological polar surface area (TPSA) is 237 Å². The number of unbranched alkanes of at least 4 members (excludes halogenated alkanes) is 40. The van der Waals surface area contributed by atoms with Gasteiger partial charge in [-0.3, -0.25) is 37.3 Å². The summed E-state index contributed by atoms with van der Waals surface area (Å²) in [4.78, 5) is 72.3. The Morgan fingerprint density at radius 2 is 0.545 bits per heavy atom. The first-order valence-electron chi connectivity index (χ1n) is 36.2. The summed E-state index contributed by atoms with van der Waals surface area (Å²) in [6, 6.07) is 0. The number of carbonyl (C=O) groups excluding carboxylic acids is 4. The Morgan fingerprint density at radius 3 is 0.807 bits per heavy atom. The fraction of sp³-hybridized carbons (Fsp3) is 0.942. The van der Waals surface area contributed by atoms with E-state index < -0.39 is 97.5 Å². The van der Waals surface area contributed by atoms with Crippen molar-refractivity contribution in [2.45, 2.75) is 374 Å². The summed E-state index contributed by atoms with van der Waals surface area (Å²) in [7, 11) is -9.89. The van der Waals surface area contributed by atoms with Crippen molar-refractivity contribution in [1.82, 2.24) is 0 Å². The number of phosphoric acid groups is 2. The fourth-order valence-corrected chi connectivity index (χ4v) is 12.0. The third-order valence-electron chi connectivity index (χ3n) is 16.4. The quantitative estimate of drug-likeness (QED) is 0.0222. The third-order valence-corrected chi connectivity index (χ3v) is 18.3.